The molecule has 4 rings (SSSR count). The Bertz CT molecular complexity index is 782. The zero-order valence-electron chi connectivity index (χ0n) is 11.8. The van der Waals surface area contributed by atoms with E-state index in [0.29, 0.717) is 6.04 Å². The van der Waals surface area contributed by atoms with E-state index in [0.717, 1.165) is 23.3 Å². The van der Waals surface area contributed by atoms with Crippen LogP contribution in [0.3, 0.4) is 0 Å². The van der Waals surface area contributed by atoms with Crippen LogP contribution in [0.4, 0.5) is 5.82 Å². The number of nitrogens with zero attached hydrogens (tertiary/aromatic N) is 2. The first-order valence-electron chi connectivity index (χ1n) is 7.46. The molecular weight excluding hydrogens is 258 g/mol. The molecular formula is C18H17N3. The molecule has 2 aromatic carbocycles. The van der Waals surface area contributed by atoms with Crippen LogP contribution in [-0.2, 0) is 6.42 Å². The van der Waals surface area contributed by atoms with Crippen LogP contribution < -0.4 is 5.32 Å². The first-order chi connectivity index (χ1) is 10.4. The predicted octanol–water partition coefficient (Wildman–Crippen LogP) is 4.12. The lowest BCUT2D eigenvalue weighted by Gasteiger charge is -2.26. The molecule has 1 unspecified atom stereocenters. The van der Waals surface area contributed by atoms with Crippen LogP contribution in [0.15, 0.2) is 54.7 Å². The summed E-state index contributed by atoms with van der Waals surface area (Å²) in [5, 5.41) is 3.56. The van der Waals surface area contributed by atoms with Crippen molar-refractivity contribution >= 4 is 16.9 Å². The summed E-state index contributed by atoms with van der Waals surface area (Å²) in [6, 6.07) is 17.0. The third-order valence-corrected chi connectivity index (χ3v) is 4.14. The van der Waals surface area contributed by atoms with Crippen molar-refractivity contribution in [3.63, 3.8) is 0 Å². The summed E-state index contributed by atoms with van der Waals surface area (Å²) in [6.07, 6.45) is 5.37. The van der Waals surface area contributed by atoms with E-state index in [9.17, 15) is 0 Å². The highest BCUT2D eigenvalue weighted by Crippen LogP contribution is 2.31. The van der Waals surface area contributed by atoms with Crippen LogP contribution in [0.25, 0.3) is 11.0 Å². The summed E-state index contributed by atoms with van der Waals surface area (Å²) in [5.41, 5.74) is 4.73. The van der Waals surface area contributed by atoms with Crippen LogP contribution in [0.2, 0.25) is 0 Å². The van der Waals surface area contributed by atoms with Crippen molar-refractivity contribution < 1.29 is 0 Å². The minimum atomic E-state index is 0.338. The van der Waals surface area contributed by atoms with Crippen molar-refractivity contribution in [3.05, 3.63) is 65.9 Å². The van der Waals surface area contributed by atoms with Gasteiger partial charge >= 0.3 is 0 Å². The quantitative estimate of drug-likeness (QED) is 0.764. The summed E-state index contributed by atoms with van der Waals surface area (Å²) < 4.78 is 0. The van der Waals surface area contributed by atoms with Crippen LogP contribution in [0.5, 0.6) is 0 Å². The zero-order chi connectivity index (χ0) is 14.1. The van der Waals surface area contributed by atoms with Gasteiger partial charge in [-0.05, 0) is 42.5 Å². The lowest BCUT2D eigenvalue weighted by molar-refractivity contribution is 0.598. The highest BCUT2D eigenvalue weighted by Gasteiger charge is 2.19. The standard InChI is InChI=1S/C18H17N3/c1-2-8-14-13(6-1)7-5-11-15(14)20-18-12-19-16-9-3-4-10-17(16)21-18/h1-4,6,8-10,12,15H,5,7,11H2,(H,20,21). The van der Waals surface area contributed by atoms with E-state index in [4.69, 9.17) is 0 Å². The molecule has 3 nitrogen and oxygen atoms in total. The third kappa shape index (κ3) is 2.35. The SMILES string of the molecule is c1ccc2c(c1)CCCC2Nc1cnc2ccccc2n1. The molecule has 0 bridgehead atoms. The largest absolute Gasteiger partial charge is 0.362 e. The topological polar surface area (TPSA) is 37.8 Å². The van der Waals surface area contributed by atoms with E-state index in [1.807, 2.05) is 30.5 Å². The van der Waals surface area contributed by atoms with Gasteiger partial charge in [-0.3, -0.25) is 4.98 Å². The lowest BCUT2D eigenvalue weighted by atomic mass is 9.88. The molecule has 1 atom stereocenters. The van der Waals surface area contributed by atoms with Crippen molar-refractivity contribution in [1.82, 2.24) is 9.97 Å². The van der Waals surface area contributed by atoms with Crippen molar-refractivity contribution in [3.8, 4) is 0 Å². The molecule has 104 valence electrons. The Morgan fingerprint density at radius 3 is 2.71 bits per heavy atom. The van der Waals surface area contributed by atoms with Crippen molar-refractivity contribution in [2.75, 3.05) is 5.32 Å². The molecule has 0 saturated heterocycles. The molecule has 0 spiro atoms. The van der Waals surface area contributed by atoms with Crippen molar-refractivity contribution in [1.29, 1.82) is 0 Å². The lowest BCUT2D eigenvalue weighted by Crippen LogP contribution is -2.18. The number of aromatic nitrogens is 2. The highest BCUT2D eigenvalue weighted by molar-refractivity contribution is 5.75. The number of hydrogen-bond acceptors (Lipinski definition) is 3. The number of anilines is 1. The maximum atomic E-state index is 4.67. The molecule has 1 aliphatic rings. The fourth-order valence-corrected chi connectivity index (χ4v) is 3.11. The Hall–Kier alpha value is -2.42. The highest BCUT2D eigenvalue weighted by atomic mass is 15.0. The maximum absolute atomic E-state index is 4.67. The molecule has 0 radical (unpaired) electrons. The number of benzene rings is 2. The van der Waals surface area contributed by atoms with E-state index < -0.39 is 0 Å². The van der Waals surface area contributed by atoms with Gasteiger partial charge < -0.3 is 5.32 Å². The Kier molecular flexibility index (Phi) is 3.03. The number of hydrogen-bond donors (Lipinski definition) is 1. The maximum Gasteiger partial charge on any atom is 0.145 e. The molecule has 3 aromatic rings. The second-order valence-corrected chi connectivity index (χ2v) is 5.53. The molecule has 1 aromatic heterocycles. The summed E-state index contributed by atoms with van der Waals surface area (Å²) in [4.78, 5) is 9.15. The van der Waals surface area contributed by atoms with Gasteiger partial charge in [-0.25, -0.2) is 4.98 Å². The van der Waals surface area contributed by atoms with Crippen LogP contribution in [-0.4, -0.2) is 9.97 Å². The second-order valence-electron chi connectivity index (χ2n) is 5.53. The van der Waals surface area contributed by atoms with Gasteiger partial charge in [0.25, 0.3) is 0 Å². The molecule has 0 amide bonds. The Labute approximate surface area is 124 Å². The minimum Gasteiger partial charge on any atom is -0.362 e. The van der Waals surface area contributed by atoms with Gasteiger partial charge in [0, 0.05) is 0 Å². The smallest absolute Gasteiger partial charge is 0.145 e. The van der Waals surface area contributed by atoms with E-state index in [1.165, 1.54) is 24.0 Å². The van der Waals surface area contributed by atoms with Gasteiger partial charge in [-0.15, -0.1) is 0 Å². The van der Waals surface area contributed by atoms with Crippen LogP contribution in [0, 0.1) is 0 Å². The fourth-order valence-electron chi connectivity index (χ4n) is 3.11. The van der Waals surface area contributed by atoms with Gasteiger partial charge in [0.15, 0.2) is 0 Å². The average molecular weight is 275 g/mol. The molecule has 1 heterocycles. The summed E-state index contributed by atoms with van der Waals surface area (Å²) in [5.74, 6) is 0.857. The second kappa shape index (κ2) is 5.17. The zero-order valence-corrected chi connectivity index (χ0v) is 11.8. The summed E-state index contributed by atoms with van der Waals surface area (Å²) in [6.45, 7) is 0. The number of nitrogens with one attached hydrogen (secondary N) is 1. The fraction of sp³-hybridized carbons (Fsp3) is 0.222. The van der Waals surface area contributed by atoms with Crippen molar-refractivity contribution in [2.24, 2.45) is 0 Å². The number of para-hydroxylation sites is 2. The minimum absolute atomic E-state index is 0.338. The Morgan fingerprint density at radius 2 is 1.76 bits per heavy atom. The number of aryl methyl sites for hydroxylation is 1. The van der Waals surface area contributed by atoms with E-state index in [2.05, 4.69) is 39.6 Å². The average Bonchev–Trinajstić information content (AvgIpc) is 2.55. The molecule has 0 aliphatic heterocycles. The summed E-state index contributed by atoms with van der Waals surface area (Å²) >= 11 is 0. The molecule has 0 fully saturated rings. The normalized spacial score (nSPS) is 17.4. The molecule has 3 heteroatoms. The summed E-state index contributed by atoms with van der Waals surface area (Å²) in [7, 11) is 0. The van der Waals surface area contributed by atoms with Gasteiger partial charge in [0.1, 0.15) is 5.82 Å². The van der Waals surface area contributed by atoms with E-state index >= 15 is 0 Å². The molecule has 21 heavy (non-hydrogen) atoms. The molecule has 1 aliphatic carbocycles. The van der Waals surface area contributed by atoms with Crippen molar-refractivity contribution in [2.45, 2.75) is 25.3 Å². The molecule has 0 saturated carbocycles. The van der Waals surface area contributed by atoms with Crippen LogP contribution >= 0.6 is 0 Å². The first kappa shape index (κ1) is 12.3. The Morgan fingerprint density at radius 1 is 0.952 bits per heavy atom. The van der Waals surface area contributed by atoms with Gasteiger partial charge in [-0.2, -0.15) is 0 Å². The Balaban J connectivity index is 1.66. The third-order valence-electron chi connectivity index (χ3n) is 4.14. The van der Waals surface area contributed by atoms with Gasteiger partial charge in [0.05, 0.1) is 23.3 Å². The predicted molar refractivity (Wildman–Crippen MR) is 85.3 cm³/mol. The van der Waals surface area contributed by atoms with E-state index in [1.54, 1.807) is 0 Å². The first-order valence-corrected chi connectivity index (χ1v) is 7.46. The monoisotopic (exact) mass is 275 g/mol. The number of rotatable bonds is 2. The van der Waals surface area contributed by atoms with Gasteiger partial charge in [-0.1, -0.05) is 36.4 Å². The van der Waals surface area contributed by atoms with Gasteiger partial charge in [0.2, 0.25) is 0 Å². The molecule has 1 N–H and O–H groups in total. The number of fused-ring (bicyclic) bond motifs is 2. The van der Waals surface area contributed by atoms with E-state index in [-0.39, 0.29) is 0 Å². The van der Waals surface area contributed by atoms with Crippen LogP contribution in [0.1, 0.15) is 30.0 Å².